The van der Waals surface area contributed by atoms with Gasteiger partial charge in [-0.3, -0.25) is 4.79 Å². The largest absolute Gasteiger partial charge is 0.354 e. The molecule has 5 nitrogen and oxygen atoms in total. The number of aryl methyl sites for hydroxylation is 1. The fourth-order valence-corrected chi connectivity index (χ4v) is 3.58. The molecule has 2 aromatic rings. The lowest BCUT2D eigenvalue weighted by molar-refractivity contribution is -0.122. The molecular formula is C19H24N2O3S. The molecule has 0 saturated carbocycles. The molecule has 6 heteroatoms. The van der Waals surface area contributed by atoms with Crippen LogP contribution in [0.4, 0.5) is 0 Å². The number of benzene rings is 2. The molecule has 0 aliphatic carbocycles. The summed E-state index contributed by atoms with van der Waals surface area (Å²) in [5.41, 5.74) is 1.96. The van der Waals surface area contributed by atoms with Crippen LogP contribution in [0.1, 0.15) is 30.4 Å². The van der Waals surface area contributed by atoms with Gasteiger partial charge in [0.25, 0.3) is 0 Å². The summed E-state index contributed by atoms with van der Waals surface area (Å²) in [6.45, 7) is 4.24. The normalized spacial score (nSPS) is 12.6. The van der Waals surface area contributed by atoms with Gasteiger partial charge in [0.2, 0.25) is 15.9 Å². The van der Waals surface area contributed by atoms with Gasteiger partial charge in [0.05, 0.1) is 10.8 Å². The first-order valence-electron chi connectivity index (χ1n) is 8.33. The summed E-state index contributed by atoms with van der Waals surface area (Å²) in [6, 6.07) is 16.2. The molecule has 0 bridgehead atoms. The molecule has 0 radical (unpaired) electrons. The summed E-state index contributed by atoms with van der Waals surface area (Å²) in [7, 11) is -3.55. The van der Waals surface area contributed by atoms with Crippen molar-refractivity contribution in [2.24, 2.45) is 0 Å². The minimum atomic E-state index is -3.55. The van der Waals surface area contributed by atoms with Crippen LogP contribution in [-0.4, -0.2) is 27.4 Å². The van der Waals surface area contributed by atoms with Crippen molar-refractivity contribution in [2.75, 3.05) is 13.1 Å². The van der Waals surface area contributed by atoms with Crippen LogP contribution in [0.5, 0.6) is 0 Å². The standard InChI is InChI=1S/C19H24N2O3S/c1-3-18(16-7-5-4-6-8-16)19(22)20-13-14-21-25(23,24)17-11-9-15(2)10-12-17/h4-12,18,21H,3,13-14H2,1-2H3,(H,20,22). The van der Waals surface area contributed by atoms with Gasteiger partial charge >= 0.3 is 0 Å². The van der Waals surface area contributed by atoms with E-state index in [-0.39, 0.29) is 29.8 Å². The minimum Gasteiger partial charge on any atom is -0.354 e. The summed E-state index contributed by atoms with van der Waals surface area (Å²) in [4.78, 5) is 12.5. The van der Waals surface area contributed by atoms with E-state index in [9.17, 15) is 13.2 Å². The van der Waals surface area contributed by atoms with Crippen molar-refractivity contribution in [3.63, 3.8) is 0 Å². The van der Waals surface area contributed by atoms with Gasteiger partial charge < -0.3 is 5.32 Å². The minimum absolute atomic E-state index is 0.0942. The first-order valence-corrected chi connectivity index (χ1v) is 9.81. The van der Waals surface area contributed by atoms with E-state index >= 15 is 0 Å². The van der Waals surface area contributed by atoms with Crippen molar-refractivity contribution in [2.45, 2.75) is 31.1 Å². The Balaban J connectivity index is 1.85. The topological polar surface area (TPSA) is 75.3 Å². The van der Waals surface area contributed by atoms with Crippen LogP contribution in [-0.2, 0) is 14.8 Å². The molecule has 25 heavy (non-hydrogen) atoms. The molecule has 0 saturated heterocycles. The van der Waals surface area contributed by atoms with E-state index < -0.39 is 10.0 Å². The maximum Gasteiger partial charge on any atom is 0.240 e. The highest BCUT2D eigenvalue weighted by atomic mass is 32.2. The van der Waals surface area contributed by atoms with Gasteiger partial charge in [-0.2, -0.15) is 0 Å². The number of rotatable bonds is 8. The number of amides is 1. The number of sulfonamides is 1. The first kappa shape index (κ1) is 19.1. The lowest BCUT2D eigenvalue weighted by Crippen LogP contribution is -2.36. The zero-order valence-electron chi connectivity index (χ0n) is 14.5. The molecule has 0 aromatic heterocycles. The van der Waals surface area contributed by atoms with E-state index in [0.29, 0.717) is 6.42 Å². The van der Waals surface area contributed by atoms with Gasteiger partial charge in [-0.05, 0) is 31.0 Å². The third-order valence-corrected chi connectivity index (χ3v) is 5.45. The van der Waals surface area contributed by atoms with Crippen molar-refractivity contribution in [1.82, 2.24) is 10.0 Å². The molecule has 134 valence electrons. The Labute approximate surface area is 149 Å². The molecule has 0 heterocycles. The van der Waals surface area contributed by atoms with Crippen LogP contribution < -0.4 is 10.0 Å². The van der Waals surface area contributed by atoms with Gasteiger partial charge in [0.15, 0.2) is 0 Å². The van der Waals surface area contributed by atoms with Crippen LogP contribution in [0.15, 0.2) is 59.5 Å². The highest BCUT2D eigenvalue weighted by Crippen LogP contribution is 2.19. The predicted molar refractivity (Wildman–Crippen MR) is 98.9 cm³/mol. The number of hydrogen-bond donors (Lipinski definition) is 2. The first-order chi connectivity index (χ1) is 11.9. The van der Waals surface area contributed by atoms with Gasteiger partial charge in [-0.25, -0.2) is 13.1 Å². The Hall–Kier alpha value is -2.18. The van der Waals surface area contributed by atoms with Crippen molar-refractivity contribution in [3.05, 3.63) is 65.7 Å². The van der Waals surface area contributed by atoms with E-state index in [4.69, 9.17) is 0 Å². The maximum atomic E-state index is 12.3. The monoisotopic (exact) mass is 360 g/mol. The molecular weight excluding hydrogens is 336 g/mol. The summed E-state index contributed by atoms with van der Waals surface area (Å²) >= 11 is 0. The Bertz CT molecular complexity index is 787. The quantitative estimate of drug-likeness (QED) is 0.711. The molecule has 0 aliphatic heterocycles. The number of hydrogen-bond acceptors (Lipinski definition) is 3. The second kappa shape index (κ2) is 8.78. The molecule has 1 unspecified atom stereocenters. The van der Waals surface area contributed by atoms with Crippen LogP contribution in [0.25, 0.3) is 0 Å². The number of carbonyl (C=O) groups is 1. The average Bonchev–Trinajstić information content (AvgIpc) is 2.61. The highest BCUT2D eigenvalue weighted by Gasteiger charge is 2.18. The summed E-state index contributed by atoms with van der Waals surface area (Å²) in [5, 5.41) is 2.80. The van der Waals surface area contributed by atoms with Gasteiger partial charge in [-0.1, -0.05) is 55.0 Å². The van der Waals surface area contributed by atoms with E-state index in [1.165, 1.54) is 0 Å². The van der Waals surface area contributed by atoms with Crippen molar-refractivity contribution < 1.29 is 13.2 Å². The molecule has 2 aromatic carbocycles. The summed E-state index contributed by atoms with van der Waals surface area (Å²) in [5.74, 6) is -0.321. The third-order valence-electron chi connectivity index (χ3n) is 3.97. The molecule has 0 aliphatic rings. The lowest BCUT2D eigenvalue weighted by atomic mass is 9.96. The highest BCUT2D eigenvalue weighted by molar-refractivity contribution is 7.89. The van der Waals surface area contributed by atoms with Crippen LogP contribution in [0.3, 0.4) is 0 Å². The summed E-state index contributed by atoms with van der Waals surface area (Å²) < 4.78 is 26.9. The average molecular weight is 360 g/mol. The van der Waals surface area contributed by atoms with Gasteiger partial charge in [0.1, 0.15) is 0 Å². The Morgan fingerprint density at radius 1 is 1.00 bits per heavy atom. The SMILES string of the molecule is CCC(C(=O)NCCNS(=O)(=O)c1ccc(C)cc1)c1ccccc1. The zero-order valence-corrected chi connectivity index (χ0v) is 15.3. The Morgan fingerprint density at radius 3 is 2.24 bits per heavy atom. The second-order valence-electron chi connectivity index (χ2n) is 5.87. The predicted octanol–water partition coefficient (Wildman–Crippen LogP) is 2.58. The fourth-order valence-electron chi connectivity index (χ4n) is 2.55. The van der Waals surface area contributed by atoms with E-state index in [1.807, 2.05) is 44.2 Å². The molecule has 0 spiro atoms. The molecule has 1 amide bonds. The maximum absolute atomic E-state index is 12.3. The van der Waals surface area contributed by atoms with Crippen LogP contribution >= 0.6 is 0 Å². The zero-order chi connectivity index (χ0) is 18.3. The van der Waals surface area contributed by atoms with Crippen LogP contribution in [0, 0.1) is 6.92 Å². The molecule has 0 fully saturated rings. The lowest BCUT2D eigenvalue weighted by Gasteiger charge is -2.15. The van der Waals surface area contributed by atoms with E-state index in [1.54, 1.807) is 24.3 Å². The van der Waals surface area contributed by atoms with Crippen molar-refractivity contribution in [3.8, 4) is 0 Å². The number of carbonyl (C=O) groups excluding carboxylic acids is 1. The van der Waals surface area contributed by atoms with Crippen molar-refractivity contribution in [1.29, 1.82) is 0 Å². The Morgan fingerprint density at radius 2 is 1.64 bits per heavy atom. The van der Waals surface area contributed by atoms with Gasteiger partial charge in [0, 0.05) is 13.1 Å². The molecule has 2 N–H and O–H groups in total. The molecule has 2 rings (SSSR count). The Kier molecular flexibility index (Phi) is 6.73. The van der Waals surface area contributed by atoms with Crippen molar-refractivity contribution >= 4 is 15.9 Å². The molecule has 1 atom stereocenters. The third kappa shape index (κ3) is 5.41. The van der Waals surface area contributed by atoms with E-state index in [2.05, 4.69) is 10.0 Å². The summed E-state index contributed by atoms with van der Waals surface area (Å²) in [6.07, 6.45) is 0.685. The van der Waals surface area contributed by atoms with Gasteiger partial charge in [-0.15, -0.1) is 0 Å². The van der Waals surface area contributed by atoms with E-state index in [0.717, 1.165) is 11.1 Å². The second-order valence-corrected chi connectivity index (χ2v) is 7.64. The fraction of sp³-hybridized carbons (Fsp3) is 0.316. The smallest absolute Gasteiger partial charge is 0.240 e. The van der Waals surface area contributed by atoms with Crippen LogP contribution in [0.2, 0.25) is 0 Å². The number of nitrogens with one attached hydrogen (secondary N) is 2.